The van der Waals surface area contributed by atoms with Gasteiger partial charge in [-0.1, -0.05) is 25.4 Å². The van der Waals surface area contributed by atoms with Gasteiger partial charge in [0.25, 0.3) is 0 Å². The summed E-state index contributed by atoms with van der Waals surface area (Å²) in [5.74, 6) is 2.63. The summed E-state index contributed by atoms with van der Waals surface area (Å²) in [6, 6.07) is 8.07. The molecule has 2 aromatic rings. The fraction of sp³-hybridized carbons (Fsp3) is 0.412. The number of halogens is 1. The topological polar surface area (TPSA) is 34.4 Å². The molecule has 0 aliphatic carbocycles. The molecule has 0 spiro atoms. The van der Waals surface area contributed by atoms with Crippen LogP contribution in [0, 0.1) is 13.8 Å². The molecule has 1 heterocycles. The highest BCUT2D eigenvalue weighted by molar-refractivity contribution is 6.30. The molecule has 3 nitrogen and oxygen atoms in total. The van der Waals surface area contributed by atoms with Crippen LogP contribution in [0.4, 0.5) is 0 Å². The van der Waals surface area contributed by atoms with E-state index in [0.29, 0.717) is 12.6 Å². The minimum Gasteiger partial charge on any atom is -0.485 e. The highest BCUT2D eigenvalue weighted by Crippen LogP contribution is 2.23. The maximum absolute atomic E-state index is 5.94. The summed E-state index contributed by atoms with van der Waals surface area (Å²) in [6.07, 6.45) is 0. The van der Waals surface area contributed by atoms with Crippen molar-refractivity contribution in [2.75, 3.05) is 0 Å². The molecule has 1 N–H and O–H groups in total. The first-order valence-corrected chi connectivity index (χ1v) is 7.54. The van der Waals surface area contributed by atoms with E-state index in [1.54, 1.807) is 0 Å². The van der Waals surface area contributed by atoms with Crippen LogP contribution in [-0.2, 0) is 13.2 Å². The van der Waals surface area contributed by atoms with Crippen molar-refractivity contribution in [1.82, 2.24) is 5.32 Å². The third-order valence-electron chi connectivity index (χ3n) is 3.25. The second kappa shape index (κ2) is 7.01. The van der Waals surface area contributed by atoms with E-state index in [4.69, 9.17) is 20.8 Å². The Kier molecular flexibility index (Phi) is 5.32. The molecule has 0 amide bonds. The Hall–Kier alpha value is -1.45. The molecule has 0 saturated heterocycles. The van der Waals surface area contributed by atoms with Crippen molar-refractivity contribution in [3.8, 4) is 5.75 Å². The van der Waals surface area contributed by atoms with Gasteiger partial charge in [-0.05, 0) is 49.2 Å². The Morgan fingerprint density at radius 3 is 2.62 bits per heavy atom. The minimum absolute atomic E-state index is 0.422. The molecule has 21 heavy (non-hydrogen) atoms. The van der Waals surface area contributed by atoms with Gasteiger partial charge >= 0.3 is 0 Å². The fourth-order valence-corrected chi connectivity index (χ4v) is 2.28. The lowest BCUT2D eigenvalue weighted by Crippen LogP contribution is -2.21. The number of nitrogens with one attached hydrogen (secondary N) is 1. The maximum Gasteiger partial charge on any atom is 0.146 e. The van der Waals surface area contributed by atoms with Gasteiger partial charge in [-0.3, -0.25) is 0 Å². The number of furan rings is 1. The van der Waals surface area contributed by atoms with Crippen molar-refractivity contribution in [2.45, 2.75) is 46.9 Å². The van der Waals surface area contributed by atoms with E-state index in [0.717, 1.165) is 40.0 Å². The fourth-order valence-electron chi connectivity index (χ4n) is 2.06. The minimum atomic E-state index is 0.422. The number of hydrogen-bond acceptors (Lipinski definition) is 3. The van der Waals surface area contributed by atoms with Crippen LogP contribution in [0.1, 0.15) is 36.5 Å². The molecule has 2 rings (SSSR count). The van der Waals surface area contributed by atoms with Crippen LogP contribution in [0.15, 0.2) is 28.7 Å². The molecule has 0 saturated carbocycles. The average Bonchev–Trinajstić information content (AvgIpc) is 2.76. The van der Waals surface area contributed by atoms with Crippen LogP contribution in [-0.4, -0.2) is 6.04 Å². The van der Waals surface area contributed by atoms with Crippen molar-refractivity contribution < 1.29 is 9.15 Å². The van der Waals surface area contributed by atoms with Gasteiger partial charge in [0.15, 0.2) is 0 Å². The maximum atomic E-state index is 5.94. The summed E-state index contributed by atoms with van der Waals surface area (Å²) in [5, 5.41) is 4.07. The van der Waals surface area contributed by atoms with Gasteiger partial charge in [0.05, 0.1) is 6.54 Å². The Morgan fingerprint density at radius 2 is 1.95 bits per heavy atom. The largest absolute Gasteiger partial charge is 0.485 e. The predicted molar refractivity (Wildman–Crippen MR) is 85.9 cm³/mol. The second-order valence-corrected chi connectivity index (χ2v) is 5.99. The molecule has 0 aliphatic heterocycles. The van der Waals surface area contributed by atoms with Gasteiger partial charge in [0, 0.05) is 11.1 Å². The summed E-state index contributed by atoms with van der Waals surface area (Å²) < 4.78 is 11.6. The lowest BCUT2D eigenvalue weighted by atomic mass is 10.2. The summed E-state index contributed by atoms with van der Waals surface area (Å²) in [6.45, 7) is 9.43. The number of aryl methyl sites for hydroxylation is 2. The van der Waals surface area contributed by atoms with Gasteiger partial charge < -0.3 is 14.5 Å². The second-order valence-electron chi connectivity index (χ2n) is 5.55. The zero-order chi connectivity index (χ0) is 15.4. The molecule has 1 aromatic heterocycles. The third-order valence-corrected chi connectivity index (χ3v) is 3.48. The number of ether oxygens (including phenoxy) is 1. The highest BCUT2D eigenvalue weighted by atomic mass is 35.5. The molecule has 4 heteroatoms. The van der Waals surface area contributed by atoms with Gasteiger partial charge in [0.1, 0.15) is 23.9 Å². The van der Waals surface area contributed by atoms with E-state index >= 15 is 0 Å². The van der Waals surface area contributed by atoms with E-state index in [9.17, 15) is 0 Å². The van der Waals surface area contributed by atoms with Crippen molar-refractivity contribution >= 4 is 11.6 Å². The zero-order valence-corrected chi connectivity index (χ0v) is 13.8. The molecule has 0 atom stereocenters. The molecule has 0 radical (unpaired) electrons. The summed E-state index contributed by atoms with van der Waals surface area (Å²) >= 11 is 5.94. The lowest BCUT2D eigenvalue weighted by molar-refractivity contribution is 0.263. The zero-order valence-electron chi connectivity index (χ0n) is 13.0. The van der Waals surface area contributed by atoms with E-state index in [1.165, 1.54) is 0 Å². The molecular formula is C17H22ClNO2. The van der Waals surface area contributed by atoms with Gasteiger partial charge in [0.2, 0.25) is 0 Å². The number of rotatable bonds is 6. The lowest BCUT2D eigenvalue weighted by Gasteiger charge is -2.08. The van der Waals surface area contributed by atoms with Crippen LogP contribution in [0.5, 0.6) is 5.75 Å². The molecular weight excluding hydrogens is 286 g/mol. The number of hydrogen-bond donors (Lipinski definition) is 1. The van der Waals surface area contributed by atoms with Crippen molar-refractivity contribution in [1.29, 1.82) is 0 Å². The first-order chi connectivity index (χ1) is 9.95. The first-order valence-electron chi connectivity index (χ1n) is 7.16. The van der Waals surface area contributed by atoms with Crippen LogP contribution in [0.2, 0.25) is 5.02 Å². The quantitative estimate of drug-likeness (QED) is 0.845. The standard InChI is InChI=1S/C17H22ClNO2/c1-11(2)19-9-17-13(4)8-15(21-17)10-20-16-6-5-14(18)7-12(16)3/h5-8,11,19H,9-10H2,1-4H3. The predicted octanol–water partition coefficient (Wildman–Crippen LogP) is 4.63. The van der Waals surface area contributed by atoms with Crippen molar-refractivity contribution in [3.05, 3.63) is 51.9 Å². The van der Waals surface area contributed by atoms with E-state index in [1.807, 2.05) is 31.2 Å². The SMILES string of the molecule is Cc1cc(Cl)ccc1OCc1cc(C)c(CNC(C)C)o1. The van der Waals surface area contributed by atoms with Gasteiger partial charge in [-0.2, -0.15) is 0 Å². The van der Waals surface area contributed by atoms with E-state index in [-0.39, 0.29) is 0 Å². The molecule has 0 bridgehead atoms. The molecule has 0 aliphatic rings. The van der Waals surface area contributed by atoms with Gasteiger partial charge in [-0.25, -0.2) is 0 Å². The van der Waals surface area contributed by atoms with Crippen LogP contribution in [0.3, 0.4) is 0 Å². The summed E-state index contributed by atoms with van der Waals surface area (Å²) in [7, 11) is 0. The Bertz CT molecular complexity index is 605. The van der Waals surface area contributed by atoms with Crippen LogP contribution in [0.25, 0.3) is 0 Å². The normalized spacial score (nSPS) is 11.1. The van der Waals surface area contributed by atoms with Crippen molar-refractivity contribution in [3.63, 3.8) is 0 Å². The van der Waals surface area contributed by atoms with Gasteiger partial charge in [-0.15, -0.1) is 0 Å². The molecule has 0 unspecified atom stereocenters. The number of benzene rings is 1. The highest BCUT2D eigenvalue weighted by Gasteiger charge is 2.09. The van der Waals surface area contributed by atoms with Crippen molar-refractivity contribution in [2.24, 2.45) is 0 Å². The van der Waals surface area contributed by atoms with E-state index < -0.39 is 0 Å². The third kappa shape index (κ3) is 4.51. The first kappa shape index (κ1) is 15.9. The summed E-state index contributed by atoms with van der Waals surface area (Å²) in [4.78, 5) is 0. The smallest absolute Gasteiger partial charge is 0.146 e. The Morgan fingerprint density at radius 1 is 1.19 bits per heavy atom. The van der Waals surface area contributed by atoms with E-state index in [2.05, 4.69) is 26.1 Å². The Balaban J connectivity index is 1.98. The summed E-state index contributed by atoms with van der Waals surface area (Å²) in [5.41, 5.74) is 2.17. The molecule has 0 fully saturated rings. The Labute approximate surface area is 131 Å². The molecule has 114 valence electrons. The average molecular weight is 308 g/mol. The molecule has 1 aromatic carbocycles. The van der Waals surface area contributed by atoms with Crippen LogP contribution >= 0.6 is 11.6 Å². The monoisotopic (exact) mass is 307 g/mol. The van der Waals surface area contributed by atoms with Crippen LogP contribution < -0.4 is 10.1 Å².